The largest absolute Gasteiger partial charge is 0.481 e. The highest BCUT2D eigenvalue weighted by atomic mass is 31.2. The molecule has 2 atom stereocenters. The quantitative estimate of drug-likeness (QED) is 0.509. The Hall–Kier alpha value is -1.75. The summed E-state index contributed by atoms with van der Waals surface area (Å²) in [7, 11) is -2.09. The summed E-state index contributed by atoms with van der Waals surface area (Å²) in [6.07, 6.45) is 1.44. The van der Waals surface area contributed by atoms with Gasteiger partial charge in [-0.05, 0) is 52.5 Å². The number of hydrogen-bond donors (Lipinski definition) is 2. The minimum absolute atomic E-state index is 0.0349. The molecule has 1 aliphatic carbocycles. The van der Waals surface area contributed by atoms with Crippen LogP contribution in [0.5, 0.6) is 0 Å². The maximum Gasteiger partial charge on any atom is 0.305 e. The molecule has 1 aromatic carbocycles. The van der Waals surface area contributed by atoms with E-state index in [4.69, 9.17) is 9.63 Å². The predicted molar refractivity (Wildman–Crippen MR) is 117 cm³/mol. The fraction of sp³-hybridized carbons (Fsp3) is 0.522. The summed E-state index contributed by atoms with van der Waals surface area (Å²) in [4.78, 5) is 10.8. The molecule has 2 rings (SSSR count). The van der Waals surface area contributed by atoms with Crippen molar-refractivity contribution in [1.82, 2.24) is 0 Å². The molecule has 0 saturated carbocycles. The number of aliphatic hydroxyl groups excluding tert-OH is 1. The Balaban J connectivity index is 2.49. The van der Waals surface area contributed by atoms with Gasteiger partial charge in [-0.25, -0.2) is 4.39 Å². The zero-order chi connectivity index (χ0) is 22.7. The van der Waals surface area contributed by atoms with Gasteiger partial charge >= 0.3 is 5.97 Å². The highest BCUT2D eigenvalue weighted by Gasteiger charge is 2.39. The Morgan fingerprint density at radius 2 is 1.87 bits per heavy atom. The van der Waals surface area contributed by atoms with Crippen molar-refractivity contribution in [3.63, 3.8) is 0 Å². The standard InChI is InChI=1S/C23H32FO5P/c1-22(2)13-19(16-6-8-17(24)9-7-16)20(23(3,4)15-22)10-11-30(28,29-5)14-18(25)12-21(26)27/h6-11,18,25H,12-15H2,1-5H3,(H,26,27)/b11-10+/t18-,30?/m0/s1. The molecule has 5 nitrogen and oxygen atoms in total. The summed E-state index contributed by atoms with van der Waals surface area (Å²) < 4.78 is 31.8. The van der Waals surface area contributed by atoms with Gasteiger partial charge in [0, 0.05) is 12.9 Å². The molecule has 0 amide bonds. The fourth-order valence-corrected chi connectivity index (χ4v) is 6.00. The average molecular weight is 438 g/mol. The number of halogens is 1. The first-order valence-electron chi connectivity index (χ1n) is 10.0. The van der Waals surface area contributed by atoms with Crippen LogP contribution in [-0.2, 0) is 13.9 Å². The summed E-state index contributed by atoms with van der Waals surface area (Å²) in [5.41, 5.74) is 2.75. The Kier molecular flexibility index (Phi) is 7.49. The second kappa shape index (κ2) is 9.17. The van der Waals surface area contributed by atoms with Crippen LogP contribution in [0.4, 0.5) is 4.39 Å². The predicted octanol–water partition coefficient (Wildman–Crippen LogP) is 5.70. The second-order valence-corrected chi connectivity index (χ2v) is 11.9. The summed E-state index contributed by atoms with van der Waals surface area (Å²) >= 11 is 0. The lowest BCUT2D eigenvalue weighted by molar-refractivity contribution is -0.138. The molecular weight excluding hydrogens is 406 g/mol. The third kappa shape index (κ3) is 6.37. The molecule has 0 saturated heterocycles. The minimum atomic E-state index is -3.38. The Bertz CT molecular complexity index is 883. The summed E-state index contributed by atoms with van der Waals surface area (Å²) in [6.45, 7) is 8.63. The zero-order valence-corrected chi connectivity index (χ0v) is 19.2. The lowest BCUT2D eigenvalue weighted by Gasteiger charge is -2.43. The molecular formula is C23H32FO5P. The van der Waals surface area contributed by atoms with E-state index in [1.807, 2.05) is 0 Å². The van der Waals surface area contributed by atoms with E-state index in [-0.39, 0.29) is 22.8 Å². The number of hydrogen-bond acceptors (Lipinski definition) is 4. The normalized spacial score (nSPS) is 21.4. The van der Waals surface area contributed by atoms with E-state index >= 15 is 0 Å². The molecule has 0 spiro atoms. The molecule has 7 heteroatoms. The highest BCUT2D eigenvalue weighted by molar-refractivity contribution is 7.62. The van der Waals surface area contributed by atoms with Crippen LogP contribution in [0, 0.1) is 16.6 Å². The van der Waals surface area contributed by atoms with Gasteiger partial charge in [-0.2, -0.15) is 0 Å². The average Bonchev–Trinajstić information content (AvgIpc) is 2.58. The first kappa shape index (κ1) is 24.5. The highest BCUT2D eigenvalue weighted by Crippen LogP contribution is 2.54. The molecule has 0 heterocycles. The molecule has 1 aliphatic rings. The van der Waals surface area contributed by atoms with Crippen LogP contribution in [0.15, 0.2) is 41.7 Å². The van der Waals surface area contributed by atoms with E-state index in [1.54, 1.807) is 18.2 Å². The smallest absolute Gasteiger partial charge is 0.305 e. The van der Waals surface area contributed by atoms with Crippen LogP contribution in [0.1, 0.15) is 52.5 Å². The Morgan fingerprint density at radius 1 is 1.27 bits per heavy atom. The van der Waals surface area contributed by atoms with E-state index in [1.165, 1.54) is 25.1 Å². The van der Waals surface area contributed by atoms with E-state index < -0.39 is 25.9 Å². The van der Waals surface area contributed by atoms with Crippen LogP contribution in [0.25, 0.3) is 5.57 Å². The second-order valence-electron chi connectivity index (χ2n) is 9.46. The maximum absolute atomic E-state index is 13.5. The van der Waals surface area contributed by atoms with Crippen LogP contribution < -0.4 is 0 Å². The van der Waals surface area contributed by atoms with Crippen LogP contribution in [-0.4, -0.2) is 35.6 Å². The molecule has 30 heavy (non-hydrogen) atoms. The van der Waals surface area contributed by atoms with Gasteiger partial charge in [0.25, 0.3) is 0 Å². The van der Waals surface area contributed by atoms with Crippen LogP contribution in [0.3, 0.4) is 0 Å². The van der Waals surface area contributed by atoms with Crippen molar-refractivity contribution in [2.45, 2.75) is 53.1 Å². The Morgan fingerprint density at radius 3 is 2.40 bits per heavy atom. The number of aliphatic hydroxyl groups is 1. The van der Waals surface area contributed by atoms with E-state index in [2.05, 4.69) is 27.7 Å². The van der Waals surface area contributed by atoms with Crippen molar-refractivity contribution in [3.8, 4) is 0 Å². The number of benzene rings is 1. The molecule has 0 bridgehead atoms. The van der Waals surface area contributed by atoms with Crippen LogP contribution >= 0.6 is 7.37 Å². The first-order valence-corrected chi connectivity index (χ1v) is 11.9. The van der Waals surface area contributed by atoms with Gasteiger partial charge in [-0.3, -0.25) is 9.36 Å². The van der Waals surface area contributed by atoms with Gasteiger partial charge in [-0.15, -0.1) is 0 Å². The molecule has 0 aliphatic heterocycles. The number of aliphatic carboxylic acids is 1. The summed E-state index contributed by atoms with van der Waals surface area (Å²) in [5.74, 6) is 0.00457. The topological polar surface area (TPSA) is 83.8 Å². The third-order valence-electron chi connectivity index (χ3n) is 5.48. The SMILES string of the molecule is COP(=O)(/C=C/C1=C(c2ccc(F)cc2)CC(C)(C)CC1(C)C)C[C@@H](O)CC(=O)O. The molecule has 166 valence electrons. The van der Waals surface area contributed by atoms with Crippen molar-refractivity contribution in [2.24, 2.45) is 10.8 Å². The zero-order valence-electron chi connectivity index (χ0n) is 18.3. The molecule has 0 fully saturated rings. The minimum Gasteiger partial charge on any atom is -0.481 e. The fourth-order valence-electron chi connectivity index (χ4n) is 4.52. The van der Waals surface area contributed by atoms with E-state index in [0.29, 0.717) is 0 Å². The van der Waals surface area contributed by atoms with Crippen LogP contribution in [0.2, 0.25) is 0 Å². The molecule has 2 N–H and O–H groups in total. The number of carboxylic acid groups (broad SMARTS) is 1. The number of carboxylic acids is 1. The van der Waals surface area contributed by atoms with Gasteiger partial charge in [0.05, 0.1) is 18.7 Å². The lowest BCUT2D eigenvalue weighted by Crippen LogP contribution is -2.30. The molecule has 1 unspecified atom stereocenters. The first-order chi connectivity index (χ1) is 13.8. The van der Waals surface area contributed by atoms with E-state index in [0.717, 1.165) is 29.6 Å². The van der Waals surface area contributed by atoms with Crippen molar-refractivity contribution in [2.75, 3.05) is 13.3 Å². The van der Waals surface area contributed by atoms with Gasteiger partial charge in [-0.1, -0.05) is 45.9 Å². The monoisotopic (exact) mass is 438 g/mol. The van der Waals surface area contributed by atoms with Gasteiger partial charge < -0.3 is 14.7 Å². The van der Waals surface area contributed by atoms with Gasteiger partial charge in [0.1, 0.15) is 5.82 Å². The lowest BCUT2D eigenvalue weighted by atomic mass is 9.61. The Labute approximate surface area is 178 Å². The van der Waals surface area contributed by atoms with Crippen molar-refractivity contribution in [1.29, 1.82) is 0 Å². The van der Waals surface area contributed by atoms with Crippen molar-refractivity contribution < 1.29 is 28.5 Å². The van der Waals surface area contributed by atoms with E-state index in [9.17, 15) is 18.9 Å². The maximum atomic E-state index is 13.5. The summed E-state index contributed by atoms with van der Waals surface area (Å²) in [5, 5.41) is 18.8. The number of allylic oxidation sites excluding steroid dienone is 3. The van der Waals surface area contributed by atoms with Crippen molar-refractivity contribution in [3.05, 3.63) is 53.1 Å². The summed E-state index contributed by atoms with van der Waals surface area (Å²) in [6, 6.07) is 6.37. The molecule has 1 aromatic rings. The molecule has 0 aromatic heterocycles. The molecule has 0 radical (unpaired) electrons. The number of carbonyl (C=O) groups is 1. The van der Waals surface area contributed by atoms with Gasteiger partial charge in [0.2, 0.25) is 7.37 Å². The van der Waals surface area contributed by atoms with Gasteiger partial charge in [0.15, 0.2) is 0 Å². The van der Waals surface area contributed by atoms with Crippen molar-refractivity contribution >= 4 is 18.9 Å². The third-order valence-corrected chi connectivity index (χ3v) is 7.63. The number of rotatable bonds is 8.